The Hall–Kier alpha value is -3.49. The molecule has 0 saturated carbocycles. The SMILES string of the molecule is OCC(Oc1ccc(Oc2cccc(F)c2)cc1)C(O)COc1ccc(Oc2cc(Cl)cc(Cl)c2)cc1. The van der Waals surface area contributed by atoms with E-state index in [9.17, 15) is 14.6 Å². The topological polar surface area (TPSA) is 77.4 Å². The standard InChI is InChI=1S/C28H23Cl2FO6/c29-18-12-19(30)14-26(13-18)36-23-6-4-21(5-7-23)34-17-27(33)28(16-32)37-24-10-8-22(9-11-24)35-25-3-1-2-20(31)15-25/h1-15,27-28,32-33H,16-17H2. The summed E-state index contributed by atoms with van der Waals surface area (Å²) >= 11 is 12.0. The summed E-state index contributed by atoms with van der Waals surface area (Å²) in [7, 11) is 0. The maximum absolute atomic E-state index is 13.3. The van der Waals surface area contributed by atoms with Gasteiger partial charge in [0.2, 0.25) is 0 Å². The highest BCUT2D eigenvalue weighted by molar-refractivity contribution is 6.34. The lowest BCUT2D eigenvalue weighted by Gasteiger charge is -2.22. The number of benzene rings is 4. The van der Waals surface area contributed by atoms with Crippen LogP contribution in [-0.4, -0.2) is 35.6 Å². The lowest BCUT2D eigenvalue weighted by molar-refractivity contribution is -0.0202. The van der Waals surface area contributed by atoms with Crippen molar-refractivity contribution in [2.45, 2.75) is 12.2 Å². The molecule has 0 aromatic heterocycles. The lowest BCUT2D eigenvalue weighted by Crippen LogP contribution is -2.39. The number of hydrogen-bond acceptors (Lipinski definition) is 6. The Morgan fingerprint density at radius 1 is 0.676 bits per heavy atom. The van der Waals surface area contributed by atoms with Gasteiger partial charge in [-0.3, -0.25) is 0 Å². The van der Waals surface area contributed by atoms with Gasteiger partial charge < -0.3 is 29.2 Å². The second-order valence-electron chi connectivity index (χ2n) is 7.93. The monoisotopic (exact) mass is 544 g/mol. The van der Waals surface area contributed by atoms with E-state index in [1.54, 1.807) is 78.9 Å². The summed E-state index contributed by atoms with van der Waals surface area (Å²) in [5.74, 6) is 2.40. The third-order valence-electron chi connectivity index (χ3n) is 5.07. The summed E-state index contributed by atoms with van der Waals surface area (Å²) in [6.45, 7) is -0.545. The fourth-order valence-corrected chi connectivity index (χ4v) is 3.79. The molecule has 192 valence electrons. The minimum atomic E-state index is -1.11. The summed E-state index contributed by atoms with van der Waals surface area (Å²) in [5.41, 5.74) is 0. The smallest absolute Gasteiger partial charge is 0.151 e. The van der Waals surface area contributed by atoms with E-state index in [1.807, 2.05) is 0 Å². The summed E-state index contributed by atoms with van der Waals surface area (Å²) < 4.78 is 36.0. The van der Waals surface area contributed by atoms with Gasteiger partial charge in [0, 0.05) is 16.1 Å². The van der Waals surface area contributed by atoms with Crippen molar-refractivity contribution in [2.24, 2.45) is 0 Å². The first-order chi connectivity index (χ1) is 17.9. The van der Waals surface area contributed by atoms with E-state index < -0.39 is 24.6 Å². The Labute approximate surface area is 223 Å². The van der Waals surface area contributed by atoms with Gasteiger partial charge in [0.05, 0.1) is 6.61 Å². The molecule has 4 rings (SSSR count). The van der Waals surface area contributed by atoms with E-state index in [-0.39, 0.29) is 6.61 Å². The van der Waals surface area contributed by atoms with Gasteiger partial charge in [-0.15, -0.1) is 0 Å². The predicted molar refractivity (Wildman–Crippen MR) is 139 cm³/mol. The van der Waals surface area contributed by atoms with Crippen LogP contribution in [0, 0.1) is 5.82 Å². The first-order valence-electron chi connectivity index (χ1n) is 11.2. The molecule has 0 heterocycles. The largest absolute Gasteiger partial charge is 0.491 e. The van der Waals surface area contributed by atoms with Crippen LogP contribution >= 0.6 is 23.2 Å². The molecule has 9 heteroatoms. The highest BCUT2D eigenvalue weighted by Gasteiger charge is 2.21. The van der Waals surface area contributed by atoms with E-state index in [1.165, 1.54) is 12.1 Å². The maximum atomic E-state index is 13.3. The predicted octanol–water partition coefficient (Wildman–Crippen LogP) is 6.90. The third kappa shape index (κ3) is 8.00. The Morgan fingerprint density at radius 2 is 1.24 bits per heavy atom. The molecule has 0 aliphatic rings. The molecular formula is C28H23Cl2FO6. The normalized spacial score (nSPS) is 12.5. The molecule has 2 N–H and O–H groups in total. The van der Waals surface area contributed by atoms with Crippen LogP contribution in [-0.2, 0) is 0 Å². The van der Waals surface area contributed by atoms with Crippen LogP contribution in [0.3, 0.4) is 0 Å². The molecule has 37 heavy (non-hydrogen) atoms. The van der Waals surface area contributed by atoms with Gasteiger partial charge in [0.15, 0.2) is 6.10 Å². The number of ether oxygens (including phenoxy) is 4. The van der Waals surface area contributed by atoms with Gasteiger partial charge in [0.25, 0.3) is 0 Å². The van der Waals surface area contributed by atoms with Crippen LogP contribution in [0.1, 0.15) is 0 Å². The van der Waals surface area contributed by atoms with Crippen molar-refractivity contribution in [3.05, 3.63) is 107 Å². The number of hydrogen-bond donors (Lipinski definition) is 2. The molecule has 2 atom stereocenters. The van der Waals surface area contributed by atoms with Crippen molar-refractivity contribution in [1.82, 2.24) is 0 Å². The summed E-state index contributed by atoms with van der Waals surface area (Å²) in [6.07, 6.45) is -2.04. The van der Waals surface area contributed by atoms with Crippen molar-refractivity contribution >= 4 is 23.2 Å². The van der Waals surface area contributed by atoms with Gasteiger partial charge in [0.1, 0.15) is 53.0 Å². The zero-order valence-corrected chi connectivity index (χ0v) is 20.9. The zero-order chi connectivity index (χ0) is 26.2. The van der Waals surface area contributed by atoms with E-state index in [2.05, 4.69) is 0 Å². The van der Waals surface area contributed by atoms with Crippen molar-refractivity contribution < 1.29 is 33.6 Å². The van der Waals surface area contributed by atoms with Crippen LogP contribution in [0.5, 0.6) is 34.5 Å². The number of rotatable bonds is 11. The van der Waals surface area contributed by atoms with Gasteiger partial charge >= 0.3 is 0 Å². The van der Waals surface area contributed by atoms with E-state index in [4.69, 9.17) is 42.1 Å². The Balaban J connectivity index is 1.28. The summed E-state index contributed by atoms with van der Waals surface area (Å²) in [5, 5.41) is 21.1. The molecular weight excluding hydrogens is 522 g/mol. The van der Waals surface area contributed by atoms with Gasteiger partial charge in [-0.05, 0) is 78.9 Å². The molecule has 0 saturated heterocycles. The number of aliphatic hydroxyl groups is 2. The molecule has 0 radical (unpaired) electrons. The Bertz CT molecular complexity index is 1280. The first-order valence-corrected chi connectivity index (χ1v) is 12.0. The highest BCUT2D eigenvalue weighted by atomic mass is 35.5. The molecule has 6 nitrogen and oxygen atoms in total. The van der Waals surface area contributed by atoms with Crippen LogP contribution in [0.25, 0.3) is 0 Å². The van der Waals surface area contributed by atoms with Crippen molar-refractivity contribution in [1.29, 1.82) is 0 Å². The van der Waals surface area contributed by atoms with E-state index >= 15 is 0 Å². The molecule has 0 amide bonds. The fourth-order valence-electron chi connectivity index (χ4n) is 3.28. The maximum Gasteiger partial charge on any atom is 0.151 e. The Kier molecular flexibility index (Phi) is 9.09. The van der Waals surface area contributed by atoms with Crippen LogP contribution in [0.2, 0.25) is 10.0 Å². The first kappa shape index (κ1) is 26.6. The fraction of sp³-hybridized carbons (Fsp3) is 0.143. The third-order valence-corrected chi connectivity index (χ3v) is 5.50. The zero-order valence-electron chi connectivity index (χ0n) is 19.4. The molecule has 0 aliphatic carbocycles. The van der Waals surface area contributed by atoms with Crippen molar-refractivity contribution in [2.75, 3.05) is 13.2 Å². The van der Waals surface area contributed by atoms with E-state index in [0.29, 0.717) is 44.5 Å². The molecule has 2 unspecified atom stereocenters. The Morgan fingerprint density at radius 3 is 1.84 bits per heavy atom. The highest BCUT2D eigenvalue weighted by Crippen LogP contribution is 2.29. The number of aliphatic hydroxyl groups excluding tert-OH is 2. The quantitative estimate of drug-likeness (QED) is 0.214. The van der Waals surface area contributed by atoms with E-state index in [0.717, 1.165) is 0 Å². The van der Waals surface area contributed by atoms with Crippen LogP contribution in [0.15, 0.2) is 91.0 Å². The molecule has 0 aliphatic heterocycles. The second-order valence-corrected chi connectivity index (χ2v) is 8.80. The van der Waals surface area contributed by atoms with Gasteiger partial charge in [-0.1, -0.05) is 29.3 Å². The minimum Gasteiger partial charge on any atom is -0.491 e. The van der Waals surface area contributed by atoms with Crippen LogP contribution in [0.4, 0.5) is 4.39 Å². The second kappa shape index (κ2) is 12.7. The molecule has 0 spiro atoms. The lowest BCUT2D eigenvalue weighted by atomic mass is 10.2. The average molecular weight is 545 g/mol. The molecule has 4 aromatic carbocycles. The molecule has 0 bridgehead atoms. The number of halogens is 3. The molecule has 0 fully saturated rings. The van der Waals surface area contributed by atoms with Crippen LogP contribution < -0.4 is 18.9 Å². The average Bonchev–Trinajstić information content (AvgIpc) is 2.87. The van der Waals surface area contributed by atoms with Crippen molar-refractivity contribution in [3.63, 3.8) is 0 Å². The van der Waals surface area contributed by atoms with Gasteiger partial charge in [-0.25, -0.2) is 4.39 Å². The minimum absolute atomic E-state index is 0.115. The molecule has 4 aromatic rings. The van der Waals surface area contributed by atoms with Crippen molar-refractivity contribution in [3.8, 4) is 34.5 Å². The summed E-state index contributed by atoms with van der Waals surface area (Å²) in [4.78, 5) is 0. The van der Waals surface area contributed by atoms with Gasteiger partial charge in [-0.2, -0.15) is 0 Å². The summed E-state index contributed by atoms with van der Waals surface area (Å²) in [6, 6.07) is 24.0.